The molecule has 0 spiro atoms. The third-order valence-electron chi connectivity index (χ3n) is 6.47. The van der Waals surface area contributed by atoms with Crippen LogP contribution < -0.4 is 0 Å². The monoisotopic (exact) mass is 515 g/mol. The summed E-state index contributed by atoms with van der Waals surface area (Å²) >= 11 is 0.859. The van der Waals surface area contributed by atoms with Gasteiger partial charge in [-0.15, -0.1) is 0 Å². The van der Waals surface area contributed by atoms with E-state index in [1.807, 2.05) is 23.1 Å². The Kier molecular flexibility index (Phi) is 7.48. The summed E-state index contributed by atoms with van der Waals surface area (Å²) in [6.07, 6.45) is 1.65. The highest BCUT2D eigenvalue weighted by atomic mass is 32.2. The number of halogens is 1. The predicted octanol–water partition coefficient (Wildman–Crippen LogP) is 5.02. The molecule has 37 heavy (non-hydrogen) atoms. The number of benzene rings is 3. The molecule has 0 bridgehead atoms. The molecule has 2 fully saturated rings. The maximum absolute atomic E-state index is 13.5. The molecule has 0 atom stereocenters. The molecule has 0 radical (unpaired) electrons. The Morgan fingerprint density at radius 1 is 0.838 bits per heavy atom. The minimum Gasteiger partial charge on any atom is -0.336 e. The van der Waals surface area contributed by atoms with Crippen molar-refractivity contribution in [3.8, 4) is 0 Å². The number of carbonyl (C=O) groups excluding carboxylic acids is 3. The second-order valence-corrected chi connectivity index (χ2v) is 10.1. The Morgan fingerprint density at radius 2 is 1.54 bits per heavy atom. The van der Waals surface area contributed by atoms with Crippen molar-refractivity contribution in [1.29, 1.82) is 0 Å². The van der Waals surface area contributed by atoms with Crippen LogP contribution in [0.3, 0.4) is 0 Å². The second-order valence-electron chi connectivity index (χ2n) is 9.07. The van der Waals surface area contributed by atoms with Gasteiger partial charge in [-0.25, -0.2) is 4.39 Å². The number of piperazine rings is 1. The molecule has 3 aromatic rings. The van der Waals surface area contributed by atoms with Crippen molar-refractivity contribution in [3.05, 3.63) is 112 Å². The van der Waals surface area contributed by atoms with Crippen LogP contribution in [0.2, 0.25) is 0 Å². The summed E-state index contributed by atoms with van der Waals surface area (Å²) in [4.78, 5) is 43.8. The van der Waals surface area contributed by atoms with Gasteiger partial charge in [-0.05, 0) is 58.8 Å². The predicted molar refractivity (Wildman–Crippen MR) is 142 cm³/mol. The first kappa shape index (κ1) is 24.9. The van der Waals surface area contributed by atoms with Crippen molar-refractivity contribution in [2.75, 3.05) is 26.2 Å². The highest BCUT2D eigenvalue weighted by Crippen LogP contribution is 2.33. The zero-order valence-electron chi connectivity index (χ0n) is 20.2. The van der Waals surface area contributed by atoms with Crippen molar-refractivity contribution >= 4 is 34.9 Å². The fourth-order valence-electron chi connectivity index (χ4n) is 4.46. The minimum atomic E-state index is -0.413. The molecule has 2 heterocycles. The lowest BCUT2D eigenvalue weighted by Crippen LogP contribution is -2.48. The summed E-state index contributed by atoms with van der Waals surface area (Å²) < 4.78 is 13.5. The molecule has 8 heteroatoms. The Bertz CT molecular complexity index is 1340. The van der Waals surface area contributed by atoms with E-state index in [0.717, 1.165) is 41.9 Å². The number of nitrogens with zero attached hydrogens (tertiary/aromatic N) is 3. The fraction of sp³-hybridized carbons (Fsp3) is 0.207. The molecule has 2 saturated heterocycles. The van der Waals surface area contributed by atoms with Gasteiger partial charge >= 0.3 is 0 Å². The molecule has 0 aliphatic carbocycles. The van der Waals surface area contributed by atoms with Gasteiger partial charge in [0.15, 0.2) is 0 Å². The summed E-state index contributed by atoms with van der Waals surface area (Å²) in [5, 5.41) is -0.390. The lowest BCUT2D eigenvalue weighted by atomic mass is 10.1. The van der Waals surface area contributed by atoms with Crippen LogP contribution in [-0.4, -0.2) is 57.9 Å². The number of rotatable bonds is 6. The van der Waals surface area contributed by atoms with Gasteiger partial charge < -0.3 is 4.90 Å². The molecule has 188 valence electrons. The van der Waals surface area contributed by atoms with Gasteiger partial charge in [0.25, 0.3) is 17.1 Å². The molecule has 5 rings (SSSR count). The number of carbonyl (C=O) groups is 3. The summed E-state index contributed by atoms with van der Waals surface area (Å²) in [5.41, 5.74) is 3.13. The Labute approximate surface area is 219 Å². The quantitative estimate of drug-likeness (QED) is 0.432. The lowest BCUT2D eigenvalue weighted by molar-refractivity contribution is -0.123. The average Bonchev–Trinajstić information content (AvgIpc) is 3.17. The van der Waals surface area contributed by atoms with Gasteiger partial charge in [0.05, 0.1) is 11.4 Å². The van der Waals surface area contributed by atoms with E-state index in [-0.39, 0.29) is 12.5 Å². The van der Waals surface area contributed by atoms with Crippen LogP contribution >= 0.6 is 11.8 Å². The van der Waals surface area contributed by atoms with E-state index in [1.54, 1.807) is 42.5 Å². The molecule has 0 unspecified atom stereocenters. The summed E-state index contributed by atoms with van der Waals surface area (Å²) in [7, 11) is 0. The van der Waals surface area contributed by atoms with E-state index >= 15 is 0 Å². The van der Waals surface area contributed by atoms with E-state index in [4.69, 9.17) is 0 Å². The highest BCUT2D eigenvalue weighted by molar-refractivity contribution is 8.18. The largest absolute Gasteiger partial charge is 0.336 e. The first-order valence-electron chi connectivity index (χ1n) is 12.1. The van der Waals surface area contributed by atoms with Gasteiger partial charge in [0.1, 0.15) is 5.82 Å². The molecule has 0 N–H and O–H groups in total. The summed E-state index contributed by atoms with van der Waals surface area (Å²) in [5.74, 6) is -0.835. The van der Waals surface area contributed by atoms with Gasteiger partial charge in [0, 0.05) is 38.3 Å². The Hall–Kier alpha value is -3.75. The van der Waals surface area contributed by atoms with E-state index < -0.39 is 17.0 Å². The first-order chi connectivity index (χ1) is 18.0. The van der Waals surface area contributed by atoms with E-state index in [0.29, 0.717) is 29.1 Å². The van der Waals surface area contributed by atoms with Crippen LogP contribution in [-0.2, 0) is 17.9 Å². The molecular formula is C29H26FN3O3S. The third-order valence-corrected chi connectivity index (χ3v) is 7.37. The van der Waals surface area contributed by atoms with E-state index in [1.165, 1.54) is 17.7 Å². The highest BCUT2D eigenvalue weighted by Gasteiger charge is 2.35. The minimum absolute atomic E-state index is 0.0127. The zero-order chi connectivity index (χ0) is 25.8. The Balaban J connectivity index is 1.18. The van der Waals surface area contributed by atoms with Crippen molar-refractivity contribution in [1.82, 2.24) is 14.7 Å². The SMILES string of the molecule is O=C(c1ccc(/C=C2\SC(=O)N(Cc3cccc(F)c3)C2=O)cc1)N1CCN(Cc2ccccc2)CC1. The lowest BCUT2D eigenvalue weighted by Gasteiger charge is -2.34. The average molecular weight is 516 g/mol. The van der Waals surface area contributed by atoms with Crippen LogP contribution in [0.25, 0.3) is 6.08 Å². The molecule has 0 saturated carbocycles. The molecule has 2 aliphatic rings. The van der Waals surface area contributed by atoms with Crippen LogP contribution in [0.15, 0.2) is 83.8 Å². The van der Waals surface area contributed by atoms with Gasteiger partial charge in [0.2, 0.25) is 0 Å². The van der Waals surface area contributed by atoms with Crippen LogP contribution in [0.5, 0.6) is 0 Å². The smallest absolute Gasteiger partial charge is 0.293 e. The van der Waals surface area contributed by atoms with Crippen LogP contribution in [0.4, 0.5) is 9.18 Å². The molecular weight excluding hydrogens is 489 g/mol. The summed E-state index contributed by atoms with van der Waals surface area (Å²) in [6.45, 7) is 3.89. The first-order valence-corrected chi connectivity index (χ1v) is 12.9. The topological polar surface area (TPSA) is 60.9 Å². The van der Waals surface area contributed by atoms with Gasteiger partial charge in [-0.1, -0.05) is 54.6 Å². The maximum atomic E-state index is 13.5. The van der Waals surface area contributed by atoms with Crippen molar-refractivity contribution in [3.63, 3.8) is 0 Å². The fourth-order valence-corrected chi connectivity index (χ4v) is 5.30. The number of hydrogen-bond donors (Lipinski definition) is 0. The van der Waals surface area contributed by atoms with Crippen LogP contribution in [0, 0.1) is 5.82 Å². The number of imide groups is 1. The normalized spacial score (nSPS) is 17.6. The third kappa shape index (κ3) is 5.98. The van der Waals surface area contributed by atoms with Crippen molar-refractivity contribution in [2.45, 2.75) is 13.1 Å². The van der Waals surface area contributed by atoms with Gasteiger partial charge in [-0.2, -0.15) is 0 Å². The van der Waals surface area contributed by atoms with Crippen molar-refractivity contribution < 1.29 is 18.8 Å². The Morgan fingerprint density at radius 3 is 2.24 bits per heavy atom. The van der Waals surface area contributed by atoms with Gasteiger partial charge in [-0.3, -0.25) is 24.2 Å². The van der Waals surface area contributed by atoms with E-state index in [2.05, 4.69) is 17.0 Å². The van der Waals surface area contributed by atoms with Crippen molar-refractivity contribution in [2.24, 2.45) is 0 Å². The van der Waals surface area contributed by atoms with E-state index in [9.17, 15) is 18.8 Å². The number of amides is 3. The number of hydrogen-bond acceptors (Lipinski definition) is 5. The number of thioether (sulfide) groups is 1. The molecule has 0 aromatic heterocycles. The summed E-state index contributed by atoms with van der Waals surface area (Å²) in [6, 6.07) is 23.2. The molecule has 3 aromatic carbocycles. The van der Waals surface area contributed by atoms with Crippen LogP contribution in [0.1, 0.15) is 27.0 Å². The zero-order valence-corrected chi connectivity index (χ0v) is 21.0. The molecule has 2 aliphatic heterocycles. The maximum Gasteiger partial charge on any atom is 0.293 e. The second kappa shape index (κ2) is 11.1. The standard InChI is InChI=1S/C29H26FN3O3S/c30-25-8-4-7-23(17-25)20-33-28(35)26(37-29(33)36)18-21-9-11-24(12-10-21)27(34)32-15-13-31(14-16-32)19-22-5-2-1-3-6-22/h1-12,17-18H,13-16,19-20H2/b26-18-. The molecule has 6 nitrogen and oxygen atoms in total. The molecule has 3 amide bonds.